The molecule has 2 aromatic carbocycles. The van der Waals surface area contributed by atoms with Crippen LogP contribution in [0.3, 0.4) is 0 Å². The molecule has 0 amide bonds. The van der Waals surface area contributed by atoms with E-state index in [0.717, 1.165) is 41.3 Å². The third kappa shape index (κ3) is 3.88. The summed E-state index contributed by atoms with van der Waals surface area (Å²) in [7, 11) is 1.66. The summed E-state index contributed by atoms with van der Waals surface area (Å²) in [5.41, 5.74) is 7.22. The molecule has 4 heteroatoms. The van der Waals surface area contributed by atoms with Crippen LogP contribution in [0, 0.1) is 0 Å². The average Bonchev–Trinajstić information content (AvgIpc) is 2.50. The summed E-state index contributed by atoms with van der Waals surface area (Å²) in [6, 6.07) is 11.5. The van der Waals surface area contributed by atoms with E-state index in [0.29, 0.717) is 0 Å². The Balaban J connectivity index is 0.00000220. The van der Waals surface area contributed by atoms with Gasteiger partial charge in [-0.05, 0) is 23.4 Å². The van der Waals surface area contributed by atoms with Crippen LogP contribution in [0.5, 0.6) is 5.75 Å². The van der Waals surface area contributed by atoms with Crippen LogP contribution < -0.4 is 10.5 Å². The van der Waals surface area contributed by atoms with Gasteiger partial charge in [0.1, 0.15) is 5.75 Å². The Labute approximate surface area is 132 Å². The number of aliphatic hydroxyl groups excluding tert-OH is 1. The summed E-state index contributed by atoms with van der Waals surface area (Å²) < 4.78 is 5.38. The van der Waals surface area contributed by atoms with Crippen molar-refractivity contribution in [3.05, 3.63) is 42.0 Å². The van der Waals surface area contributed by atoms with E-state index in [1.54, 1.807) is 7.11 Å². The van der Waals surface area contributed by atoms with Crippen molar-refractivity contribution < 1.29 is 9.84 Å². The SMILES string of the molecule is CCCC[C@@H](O)[C@@H](N)c1ccc(OC)c2ccccc12.Cl. The zero-order valence-corrected chi connectivity index (χ0v) is 13.4. The molecule has 0 aliphatic carbocycles. The molecule has 2 atom stereocenters. The number of hydrogen-bond acceptors (Lipinski definition) is 3. The number of hydrogen-bond donors (Lipinski definition) is 2. The first kappa shape index (κ1) is 17.8. The zero-order chi connectivity index (χ0) is 14.5. The average molecular weight is 310 g/mol. The molecule has 116 valence electrons. The Bertz CT molecular complexity index is 574. The van der Waals surface area contributed by atoms with Crippen molar-refractivity contribution in [2.45, 2.75) is 38.3 Å². The summed E-state index contributed by atoms with van der Waals surface area (Å²) in [6.07, 6.45) is 2.28. The van der Waals surface area contributed by atoms with Crippen LogP contribution in [-0.4, -0.2) is 18.3 Å². The summed E-state index contributed by atoms with van der Waals surface area (Å²) >= 11 is 0. The van der Waals surface area contributed by atoms with Gasteiger partial charge in [-0.3, -0.25) is 0 Å². The number of methoxy groups -OCH3 is 1. The van der Waals surface area contributed by atoms with Gasteiger partial charge in [0.25, 0.3) is 0 Å². The van der Waals surface area contributed by atoms with Crippen LogP contribution >= 0.6 is 12.4 Å². The minimum atomic E-state index is -0.508. The van der Waals surface area contributed by atoms with Crippen LogP contribution in [0.1, 0.15) is 37.8 Å². The van der Waals surface area contributed by atoms with Gasteiger partial charge in [-0.1, -0.05) is 50.1 Å². The molecule has 0 bridgehead atoms. The first-order valence-electron chi connectivity index (χ1n) is 7.18. The Morgan fingerprint density at radius 2 is 1.81 bits per heavy atom. The topological polar surface area (TPSA) is 55.5 Å². The van der Waals surface area contributed by atoms with Crippen molar-refractivity contribution in [1.29, 1.82) is 0 Å². The lowest BCUT2D eigenvalue weighted by Gasteiger charge is -2.21. The maximum atomic E-state index is 10.2. The largest absolute Gasteiger partial charge is 0.496 e. The number of rotatable bonds is 6. The molecular formula is C17H24ClNO2. The fourth-order valence-electron chi connectivity index (χ4n) is 2.56. The summed E-state index contributed by atoms with van der Waals surface area (Å²) in [4.78, 5) is 0. The van der Waals surface area contributed by atoms with Gasteiger partial charge in [-0.25, -0.2) is 0 Å². The molecule has 0 fully saturated rings. The third-order valence-corrected chi connectivity index (χ3v) is 3.76. The molecule has 3 nitrogen and oxygen atoms in total. The van der Waals surface area contributed by atoms with Gasteiger partial charge in [0.2, 0.25) is 0 Å². The lowest BCUT2D eigenvalue weighted by atomic mass is 9.93. The minimum absolute atomic E-state index is 0. The minimum Gasteiger partial charge on any atom is -0.496 e. The second-order valence-electron chi connectivity index (χ2n) is 5.14. The molecule has 0 aliphatic rings. The number of nitrogens with two attached hydrogens (primary N) is 1. The fraction of sp³-hybridized carbons (Fsp3) is 0.412. The number of unbranched alkanes of at least 4 members (excludes halogenated alkanes) is 1. The van der Waals surface area contributed by atoms with Gasteiger partial charge in [0, 0.05) is 5.39 Å². The zero-order valence-electron chi connectivity index (χ0n) is 12.6. The van der Waals surface area contributed by atoms with Gasteiger partial charge in [-0.15, -0.1) is 12.4 Å². The van der Waals surface area contributed by atoms with Crippen LogP contribution in [0.2, 0.25) is 0 Å². The van der Waals surface area contributed by atoms with E-state index in [-0.39, 0.29) is 18.4 Å². The lowest BCUT2D eigenvalue weighted by Crippen LogP contribution is -2.26. The number of fused-ring (bicyclic) bond motifs is 1. The van der Waals surface area contributed by atoms with E-state index in [4.69, 9.17) is 10.5 Å². The normalized spacial score (nSPS) is 13.5. The highest BCUT2D eigenvalue weighted by atomic mass is 35.5. The van der Waals surface area contributed by atoms with E-state index < -0.39 is 6.10 Å². The van der Waals surface area contributed by atoms with Crippen LogP contribution in [-0.2, 0) is 0 Å². The highest BCUT2D eigenvalue weighted by Gasteiger charge is 2.19. The Morgan fingerprint density at radius 3 is 2.43 bits per heavy atom. The molecule has 21 heavy (non-hydrogen) atoms. The third-order valence-electron chi connectivity index (χ3n) is 3.76. The molecule has 0 unspecified atom stereocenters. The summed E-state index contributed by atoms with van der Waals surface area (Å²) in [6.45, 7) is 2.11. The van der Waals surface area contributed by atoms with E-state index in [1.165, 1.54) is 0 Å². The van der Waals surface area contributed by atoms with E-state index >= 15 is 0 Å². The molecule has 0 aliphatic heterocycles. The second kappa shape index (κ2) is 8.23. The number of aliphatic hydroxyl groups is 1. The molecule has 2 rings (SSSR count). The molecule has 0 saturated carbocycles. The predicted octanol–water partition coefficient (Wildman–Crippen LogP) is 3.82. The Kier molecular flexibility index (Phi) is 6.96. The van der Waals surface area contributed by atoms with Gasteiger partial charge in [0.15, 0.2) is 0 Å². The second-order valence-corrected chi connectivity index (χ2v) is 5.14. The standard InChI is InChI=1S/C17H23NO2.ClH/c1-3-4-9-15(19)17(18)14-10-11-16(20-2)13-8-6-5-7-12(13)14;/h5-8,10-11,15,17,19H,3-4,9,18H2,1-2H3;1H/t15-,17+;/m1./s1. The molecule has 2 aromatic rings. The highest BCUT2D eigenvalue weighted by Crippen LogP contribution is 2.32. The van der Waals surface area contributed by atoms with E-state index in [9.17, 15) is 5.11 Å². The van der Waals surface area contributed by atoms with Crippen LogP contribution in [0.4, 0.5) is 0 Å². The van der Waals surface area contributed by atoms with E-state index in [2.05, 4.69) is 6.92 Å². The molecular weight excluding hydrogens is 286 g/mol. The molecule has 0 aromatic heterocycles. The number of ether oxygens (including phenoxy) is 1. The van der Waals surface area contributed by atoms with Crippen LogP contribution in [0.15, 0.2) is 36.4 Å². The van der Waals surface area contributed by atoms with Crippen molar-refractivity contribution in [1.82, 2.24) is 0 Å². The molecule has 0 spiro atoms. The van der Waals surface area contributed by atoms with Crippen molar-refractivity contribution in [3.8, 4) is 5.75 Å². The van der Waals surface area contributed by atoms with Crippen molar-refractivity contribution >= 4 is 23.2 Å². The highest BCUT2D eigenvalue weighted by molar-refractivity contribution is 5.91. The maximum Gasteiger partial charge on any atom is 0.126 e. The van der Waals surface area contributed by atoms with Crippen LogP contribution in [0.25, 0.3) is 10.8 Å². The molecule has 0 heterocycles. The van der Waals surface area contributed by atoms with Gasteiger partial charge >= 0.3 is 0 Å². The van der Waals surface area contributed by atoms with Crippen molar-refractivity contribution in [2.24, 2.45) is 5.73 Å². The summed E-state index contributed by atoms with van der Waals surface area (Å²) in [5.74, 6) is 0.833. The predicted molar refractivity (Wildman–Crippen MR) is 90.2 cm³/mol. The van der Waals surface area contributed by atoms with Crippen molar-refractivity contribution in [2.75, 3.05) is 7.11 Å². The summed E-state index contributed by atoms with van der Waals surface area (Å²) in [5, 5.41) is 12.3. The first-order valence-corrected chi connectivity index (χ1v) is 7.18. The number of halogens is 1. The fourth-order valence-corrected chi connectivity index (χ4v) is 2.56. The molecule has 3 N–H and O–H groups in total. The van der Waals surface area contributed by atoms with Crippen molar-refractivity contribution in [3.63, 3.8) is 0 Å². The number of benzene rings is 2. The van der Waals surface area contributed by atoms with Gasteiger partial charge in [-0.2, -0.15) is 0 Å². The lowest BCUT2D eigenvalue weighted by molar-refractivity contribution is 0.133. The quantitative estimate of drug-likeness (QED) is 0.853. The first-order chi connectivity index (χ1) is 9.69. The smallest absolute Gasteiger partial charge is 0.126 e. The van der Waals surface area contributed by atoms with E-state index in [1.807, 2.05) is 36.4 Å². The Hall–Kier alpha value is -1.29. The molecule has 0 saturated heterocycles. The maximum absolute atomic E-state index is 10.2. The van der Waals surface area contributed by atoms with Gasteiger partial charge < -0.3 is 15.6 Å². The van der Waals surface area contributed by atoms with Gasteiger partial charge in [0.05, 0.1) is 19.3 Å². The Morgan fingerprint density at radius 1 is 1.14 bits per heavy atom. The molecule has 0 radical (unpaired) electrons. The monoisotopic (exact) mass is 309 g/mol.